The Kier molecular flexibility index (Phi) is 42.3. The SMILES string of the molecule is CCCCCCCC/C=C\CCCCCCCC(N)=O.CCCCCCCCCCCCCCCCCC(=O)N(CCO)CCO. The Bertz CT molecular complexity index is 635. The second-order valence-corrected chi connectivity index (χ2v) is 13.3. The van der Waals surface area contributed by atoms with Crippen LogP contribution in [-0.2, 0) is 9.59 Å². The van der Waals surface area contributed by atoms with Gasteiger partial charge in [-0.15, -0.1) is 0 Å². The van der Waals surface area contributed by atoms with Gasteiger partial charge in [-0.3, -0.25) is 9.59 Å². The first-order valence-electron chi connectivity index (χ1n) is 20.0. The Labute approximate surface area is 286 Å². The van der Waals surface area contributed by atoms with Gasteiger partial charge in [-0.2, -0.15) is 0 Å². The molecule has 0 atom stereocenters. The van der Waals surface area contributed by atoms with Crippen LogP contribution in [0.5, 0.6) is 0 Å². The molecule has 0 aromatic rings. The lowest BCUT2D eigenvalue weighted by Gasteiger charge is -2.20. The van der Waals surface area contributed by atoms with Crippen molar-refractivity contribution in [3.05, 3.63) is 12.2 Å². The summed E-state index contributed by atoms with van der Waals surface area (Å²) in [5.74, 6) is -0.106. The number of allylic oxidation sites excluding steroid dienone is 2. The van der Waals surface area contributed by atoms with Gasteiger partial charge < -0.3 is 20.8 Å². The molecule has 0 unspecified atom stereocenters. The molecule has 0 rings (SSSR count). The summed E-state index contributed by atoms with van der Waals surface area (Å²) in [5.41, 5.74) is 5.10. The number of nitrogens with two attached hydrogens (primary N) is 1. The molecule has 0 aromatic carbocycles. The van der Waals surface area contributed by atoms with Crippen molar-refractivity contribution in [2.75, 3.05) is 26.3 Å². The summed E-state index contributed by atoms with van der Waals surface area (Å²) in [4.78, 5) is 24.1. The highest BCUT2D eigenvalue weighted by atomic mass is 16.3. The van der Waals surface area contributed by atoms with Crippen LogP contribution in [0.15, 0.2) is 12.2 Å². The molecule has 0 heterocycles. The van der Waals surface area contributed by atoms with Gasteiger partial charge in [0.15, 0.2) is 0 Å². The normalized spacial score (nSPS) is 11.1. The topological polar surface area (TPSA) is 104 Å². The van der Waals surface area contributed by atoms with Crippen molar-refractivity contribution in [1.29, 1.82) is 0 Å². The first kappa shape index (κ1) is 46.7. The third kappa shape index (κ3) is 40.6. The number of hydrogen-bond donors (Lipinski definition) is 3. The minimum Gasteiger partial charge on any atom is -0.395 e. The fraction of sp³-hybridized carbons (Fsp3) is 0.900. The fourth-order valence-electron chi connectivity index (χ4n) is 5.78. The average Bonchev–Trinajstić information content (AvgIpc) is 3.04. The van der Waals surface area contributed by atoms with Gasteiger partial charge in [-0.1, -0.05) is 167 Å². The number of unbranched alkanes of at least 4 members (excludes halogenated alkanes) is 25. The van der Waals surface area contributed by atoms with Gasteiger partial charge in [0.25, 0.3) is 0 Å². The Morgan fingerprint density at radius 2 is 0.783 bits per heavy atom. The maximum Gasteiger partial charge on any atom is 0.222 e. The molecule has 6 nitrogen and oxygen atoms in total. The molecular formula is C40H80N2O4. The second-order valence-electron chi connectivity index (χ2n) is 13.3. The third-order valence-corrected chi connectivity index (χ3v) is 8.77. The van der Waals surface area contributed by atoms with Gasteiger partial charge in [0.1, 0.15) is 0 Å². The number of rotatable bonds is 35. The number of hydrogen-bond acceptors (Lipinski definition) is 4. The van der Waals surface area contributed by atoms with E-state index < -0.39 is 0 Å². The molecule has 0 saturated carbocycles. The van der Waals surface area contributed by atoms with Crippen LogP contribution < -0.4 is 5.73 Å². The van der Waals surface area contributed by atoms with Crippen LogP contribution in [0.2, 0.25) is 0 Å². The maximum atomic E-state index is 12.0. The summed E-state index contributed by atoms with van der Waals surface area (Å²) in [6, 6.07) is 0. The van der Waals surface area contributed by atoms with E-state index in [1.165, 1.54) is 154 Å². The molecule has 46 heavy (non-hydrogen) atoms. The van der Waals surface area contributed by atoms with Crippen molar-refractivity contribution in [2.45, 2.75) is 206 Å². The molecular weight excluding hydrogens is 572 g/mol. The summed E-state index contributed by atoms with van der Waals surface area (Å²) >= 11 is 0. The van der Waals surface area contributed by atoms with Crippen LogP contribution in [0, 0.1) is 0 Å². The maximum absolute atomic E-state index is 12.0. The van der Waals surface area contributed by atoms with E-state index in [0.29, 0.717) is 25.9 Å². The van der Waals surface area contributed by atoms with E-state index in [9.17, 15) is 9.59 Å². The molecule has 0 bridgehead atoms. The minimum absolute atomic E-state index is 0.0371. The standard InChI is InChI=1S/C22H45NO3.C18H35NO/c1-2-3-4-5-6-7-8-9-10-11-12-13-14-15-16-17-22(26)23(18-20-24)19-21-25;1-2-3-4-5-6-7-8-9-10-11-12-13-14-15-16-17-18(19)20/h24-25H,2-21H2,1H3;9-10H,2-8,11-17H2,1H3,(H2,19,20)/b;10-9-. The minimum atomic E-state index is -0.164. The molecule has 274 valence electrons. The smallest absolute Gasteiger partial charge is 0.222 e. The van der Waals surface area contributed by atoms with E-state index >= 15 is 0 Å². The van der Waals surface area contributed by atoms with E-state index in [1.807, 2.05) is 0 Å². The van der Waals surface area contributed by atoms with Crippen molar-refractivity contribution in [3.63, 3.8) is 0 Å². The number of carbonyl (C=O) groups excluding carboxylic acids is 2. The average molecular weight is 653 g/mol. The van der Waals surface area contributed by atoms with E-state index in [-0.39, 0.29) is 25.0 Å². The van der Waals surface area contributed by atoms with E-state index in [2.05, 4.69) is 26.0 Å². The summed E-state index contributed by atoms with van der Waals surface area (Å²) in [6.45, 7) is 5.12. The number of aliphatic hydroxyl groups is 2. The quantitative estimate of drug-likeness (QED) is 0.0468. The summed E-state index contributed by atoms with van der Waals surface area (Å²) < 4.78 is 0. The molecule has 4 N–H and O–H groups in total. The van der Waals surface area contributed by atoms with E-state index in [0.717, 1.165) is 25.7 Å². The third-order valence-electron chi connectivity index (χ3n) is 8.77. The molecule has 2 amide bonds. The zero-order valence-corrected chi connectivity index (χ0v) is 30.9. The highest BCUT2D eigenvalue weighted by Crippen LogP contribution is 2.14. The van der Waals surface area contributed by atoms with Crippen LogP contribution >= 0.6 is 0 Å². The molecule has 0 aromatic heterocycles. The molecule has 6 heteroatoms. The Balaban J connectivity index is 0. The molecule has 0 fully saturated rings. The molecule has 0 spiro atoms. The van der Waals surface area contributed by atoms with Crippen molar-refractivity contribution in [3.8, 4) is 0 Å². The predicted molar refractivity (Wildman–Crippen MR) is 199 cm³/mol. The lowest BCUT2D eigenvalue weighted by atomic mass is 10.0. The van der Waals surface area contributed by atoms with E-state index in [1.54, 1.807) is 4.90 Å². The van der Waals surface area contributed by atoms with E-state index in [4.69, 9.17) is 15.9 Å². The van der Waals surface area contributed by atoms with Crippen molar-refractivity contribution in [2.24, 2.45) is 5.73 Å². The highest BCUT2D eigenvalue weighted by molar-refractivity contribution is 5.76. The lowest BCUT2D eigenvalue weighted by molar-refractivity contribution is -0.132. The summed E-state index contributed by atoms with van der Waals surface area (Å²) in [6.07, 6.45) is 42.3. The number of nitrogens with zero attached hydrogens (tertiary/aromatic N) is 1. The van der Waals surface area contributed by atoms with Gasteiger partial charge in [-0.25, -0.2) is 0 Å². The van der Waals surface area contributed by atoms with Gasteiger partial charge in [0.2, 0.25) is 11.8 Å². The van der Waals surface area contributed by atoms with Crippen molar-refractivity contribution < 1.29 is 19.8 Å². The predicted octanol–water partition coefficient (Wildman–Crippen LogP) is 10.6. The number of primary amides is 1. The molecule has 0 saturated heterocycles. The highest BCUT2D eigenvalue weighted by Gasteiger charge is 2.11. The summed E-state index contributed by atoms with van der Waals surface area (Å²) in [5, 5.41) is 17.9. The largest absolute Gasteiger partial charge is 0.395 e. The van der Waals surface area contributed by atoms with Crippen LogP contribution in [0.3, 0.4) is 0 Å². The van der Waals surface area contributed by atoms with Gasteiger partial charge in [0.05, 0.1) is 13.2 Å². The lowest BCUT2D eigenvalue weighted by Crippen LogP contribution is -2.35. The Hall–Kier alpha value is -1.40. The first-order valence-corrected chi connectivity index (χ1v) is 20.0. The molecule has 0 aliphatic rings. The number of amides is 2. The Morgan fingerprint density at radius 1 is 0.478 bits per heavy atom. The van der Waals surface area contributed by atoms with Crippen LogP contribution in [0.4, 0.5) is 0 Å². The molecule has 0 aliphatic heterocycles. The Morgan fingerprint density at radius 3 is 1.11 bits per heavy atom. The van der Waals surface area contributed by atoms with Gasteiger partial charge in [0, 0.05) is 25.9 Å². The van der Waals surface area contributed by atoms with Crippen LogP contribution in [-0.4, -0.2) is 53.2 Å². The second kappa shape index (κ2) is 41.6. The first-order chi connectivity index (χ1) is 22.5. The van der Waals surface area contributed by atoms with Gasteiger partial charge >= 0.3 is 0 Å². The van der Waals surface area contributed by atoms with Crippen molar-refractivity contribution >= 4 is 11.8 Å². The monoisotopic (exact) mass is 653 g/mol. The zero-order valence-electron chi connectivity index (χ0n) is 30.9. The van der Waals surface area contributed by atoms with Crippen LogP contribution in [0.1, 0.15) is 206 Å². The molecule has 0 aliphatic carbocycles. The fourth-order valence-corrected chi connectivity index (χ4v) is 5.78. The van der Waals surface area contributed by atoms with Crippen molar-refractivity contribution in [1.82, 2.24) is 4.90 Å². The number of aliphatic hydroxyl groups excluding tert-OH is 2. The van der Waals surface area contributed by atoms with Crippen LogP contribution in [0.25, 0.3) is 0 Å². The zero-order chi connectivity index (χ0) is 34.2. The number of carbonyl (C=O) groups is 2. The van der Waals surface area contributed by atoms with Gasteiger partial charge in [-0.05, 0) is 38.5 Å². The molecule has 0 radical (unpaired) electrons. The summed E-state index contributed by atoms with van der Waals surface area (Å²) in [7, 11) is 0.